The molecule has 0 radical (unpaired) electrons. The summed E-state index contributed by atoms with van der Waals surface area (Å²) in [5.41, 5.74) is 1.27. The van der Waals surface area contributed by atoms with E-state index in [0.29, 0.717) is 10.6 Å². The molecule has 0 fully saturated rings. The predicted molar refractivity (Wildman–Crippen MR) is 60.7 cm³/mol. The van der Waals surface area contributed by atoms with Gasteiger partial charge in [0.15, 0.2) is 5.78 Å². The predicted octanol–water partition coefficient (Wildman–Crippen LogP) is 3.89. The van der Waals surface area contributed by atoms with Crippen LogP contribution in [0.1, 0.15) is 22.8 Å². The molecule has 0 aliphatic heterocycles. The standard InChI is InChI=1S/C10H9Cl3O/c1-6(12)10(14)9-3-2-8(13)4-7(9)5-11/h2-4,6H,5H2,1H3. The van der Waals surface area contributed by atoms with E-state index in [-0.39, 0.29) is 11.7 Å². The molecule has 0 spiro atoms. The van der Waals surface area contributed by atoms with Crippen LogP contribution in [-0.4, -0.2) is 11.2 Å². The van der Waals surface area contributed by atoms with E-state index in [1.165, 1.54) is 0 Å². The molecule has 0 N–H and O–H groups in total. The van der Waals surface area contributed by atoms with E-state index in [1.54, 1.807) is 25.1 Å². The number of alkyl halides is 2. The Morgan fingerprint density at radius 2 is 2.14 bits per heavy atom. The Labute approximate surface area is 98.0 Å². The van der Waals surface area contributed by atoms with Gasteiger partial charge in [-0.05, 0) is 30.7 Å². The van der Waals surface area contributed by atoms with Crippen molar-refractivity contribution < 1.29 is 4.79 Å². The summed E-state index contributed by atoms with van der Waals surface area (Å²) in [6.45, 7) is 1.64. The van der Waals surface area contributed by atoms with Gasteiger partial charge >= 0.3 is 0 Å². The molecule has 14 heavy (non-hydrogen) atoms. The Morgan fingerprint density at radius 3 is 2.64 bits per heavy atom. The van der Waals surface area contributed by atoms with E-state index in [2.05, 4.69) is 0 Å². The molecule has 0 heterocycles. The van der Waals surface area contributed by atoms with E-state index in [4.69, 9.17) is 34.8 Å². The molecule has 1 aromatic carbocycles. The molecule has 0 bridgehead atoms. The number of ketones is 1. The highest BCUT2D eigenvalue weighted by molar-refractivity contribution is 6.34. The number of Topliss-reactive ketones (excluding diaryl/α,β-unsaturated/α-hetero) is 1. The van der Waals surface area contributed by atoms with Crippen molar-refractivity contribution in [3.63, 3.8) is 0 Å². The molecule has 0 amide bonds. The first-order chi connectivity index (χ1) is 6.56. The van der Waals surface area contributed by atoms with Crippen molar-refractivity contribution in [3.8, 4) is 0 Å². The third kappa shape index (κ3) is 2.63. The van der Waals surface area contributed by atoms with Gasteiger partial charge in [0, 0.05) is 16.5 Å². The maximum Gasteiger partial charge on any atom is 0.180 e. The number of benzene rings is 1. The highest BCUT2D eigenvalue weighted by atomic mass is 35.5. The second-order valence-corrected chi connectivity index (χ2v) is 4.27. The van der Waals surface area contributed by atoms with Crippen LogP contribution in [-0.2, 0) is 5.88 Å². The number of hydrogen-bond acceptors (Lipinski definition) is 1. The molecule has 1 atom stereocenters. The van der Waals surface area contributed by atoms with Gasteiger partial charge in [0.2, 0.25) is 0 Å². The molecule has 0 saturated carbocycles. The summed E-state index contributed by atoms with van der Waals surface area (Å²) in [5.74, 6) is 0.129. The fourth-order valence-corrected chi connectivity index (χ4v) is 1.66. The van der Waals surface area contributed by atoms with E-state index in [9.17, 15) is 4.79 Å². The summed E-state index contributed by atoms with van der Waals surface area (Å²) in [6.07, 6.45) is 0. The van der Waals surface area contributed by atoms with Crippen molar-refractivity contribution >= 4 is 40.6 Å². The molecule has 1 aromatic rings. The minimum Gasteiger partial charge on any atom is -0.293 e. The molecule has 1 rings (SSSR count). The van der Waals surface area contributed by atoms with Crippen LogP contribution in [0.15, 0.2) is 18.2 Å². The Bertz CT molecular complexity index is 347. The van der Waals surface area contributed by atoms with Crippen LogP contribution >= 0.6 is 34.8 Å². The molecule has 0 saturated heterocycles. The molecule has 0 aliphatic rings. The van der Waals surface area contributed by atoms with Gasteiger partial charge in [0.05, 0.1) is 5.38 Å². The zero-order chi connectivity index (χ0) is 10.7. The topological polar surface area (TPSA) is 17.1 Å². The average Bonchev–Trinajstić information content (AvgIpc) is 2.16. The highest BCUT2D eigenvalue weighted by Crippen LogP contribution is 2.20. The Kier molecular flexibility index (Phi) is 4.24. The van der Waals surface area contributed by atoms with Crippen molar-refractivity contribution in [1.82, 2.24) is 0 Å². The normalized spacial score (nSPS) is 12.6. The summed E-state index contributed by atoms with van der Waals surface area (Å²) in [5, 5.41) is 0.0255. The van der Waals surface area contributed by atoms with Gasteiger partial charge in [0.1, 0.15) is 0 Å². The molecule has 0 aromatic heterocycles. The van der Waals surface area contributed by atoms with Crippen molar-refractivity contribution in [1.29, 1.82) is 0 Å². The van der Waals surface area contributed by atoms with Crippen molar-refractivity contribution in [3.05, 3.63) is 34.3 Å². The van der Waals surface area contributed by atoms with Gasteiger partial charge < -0.3 is 0 Å². The smallest absolute Gasteiger partial charge is 0.180 e. The molecule has 0 aliphatic carbocycles. The first-order valence-corrected chi connectivity index (χ1v) is 5.44. The maximum absolute atomic E-state index is 11.6. The van der Waals surface area contributed by atoms with Crippen LogP contribution in [0, 0.1) is 0 Å². The van der Waals surface area contributed by atoms with Crippen LogP contribution in [0.25, 0.3) is 0 Å². The van der Waals surface area contributed by atoms with Crippen LogP contribution < -0.4 is 0 Å². The lowest BCUT2D eigenvalue weighted by Crippen LogP contribution is -2.12. The summed E-state index contributed by atoms with van der Waals surface area (Å²) in [4.78, 5) is 11.6. The monoisotopic (exact) mass is 250 g/mol. The van der Waals surface area contributed by atoms with Gasteiger partial charge in [-0.2, -0.15) is 0 Å². The van der Waals surface area contributed by atoms with Gasteiger partial charge in [-0.15, -0.1) is 23.2 Å². The van der Waals surface area contributed by atoms with Crippen molar-refractivity contribution in [2.24, 2.45) is 0 Å². The molecule has 76 valence electrons. The van der Waals surface area contributed by atoms with Gasteiger partial charge in [-0.3, -0.25) is 4.79 Å². The minimum absolute atomic E-state index is 0.126. The molecule has 1 unspecified atom stereocenters. The zero-order valence-electron chi connectivity index (χ0n) is 7.56. The van der Waals surface area contributed by atoms with E-state index in [1.807, 2.05) is 0 Å². The number of halogens is 3. The average molecular weight is 252 g/mol. The largest absolute Gasteiger partial charge is 0.293 e. The van der Waals surface area contributed by atoms with E-state index >= 15 is 0 Å². The fraction of sp³-hybridized carbons (Fsp3) is 0.300. The van der Waals surface area contributed by atoms with Crippen LogP contribution in [0.3, 0.4) is 0 Å². The highest BCUT2D eigenvalue weighted by Gasteiger charge is 2.15. The van der Waals surface area contributed by atoms with Crippen molar-refractivity contribution in [2.45, 2.75) is 18.2 Å². The number of carbonyl (C=O) groups is 1. The fourth-order valence-electron chi connectivity index (χ4n) is 1.13. The maximum atomic E-state index is 11.6. The van der Waals surface area contributed by atoms with Gasteiger partial charge in [-0.1, -0.05) is 11.6 Å². The second kappa shape index (κ2) is 5.01. The second-order valence-electron chi connectivity index (χ2n) is 2.92. The van der Waals surface area contributed by atoms with E-state index < -0.39 is 5.38 Å². The lowest BCUT2D eigenvalue weighted by Gasteiger charge is -2.07. The SMILES string of the molecule is CC(Cl)C(=O)c1ccc(Cl)cc1CCl. The third-order valence-electron chi connectivity index (χ3n) is 1.84. The quantitative estimate of drug-likeness (QED) is 0.588. The zero-order valence-corrected chi connectivity index (χ0v) is 9.83. The first kappa shape index (κ1) is 11.8. The first-order valence-electron chi connectivity index (χ1n) is 4.09. The Morgan fingerprint density at radius 1 is 1.50 bits per heavy atom. The molecular weight excluding hydrogens is 242 g/mol. The van der Waals surface area contributed by atoms with Crippen molar-refractivity contribution in [2.75, 3.05) is 0 Å². The van der Waals surface area contributed by atoms with E-state index in [0.717, 1.165) is 5.56 Å². The summed E-state index contributed by atoms with van der Waals surface area (Å²) in [6, 6.07) is 4.99. The van der Waals surface area contributed by atoms with Crippen LogP contribution in [0.4, 0.5) is 0 Å². The number of hydrogen-bond donors (Lipinski definition) is 0. The summed E-state index contributed by atoms with van der Waals surface area (Å²) >= 11 is 17.2. The van der Waals surface area contributed by atoms with Crippen LogP contribution in [0.2, 0.25) is 5.02 Å². The summed E-state index contributed by atoms with van der Waals surface area (Å²) in [7, 11) is 0. The van der Waals surface area contributed by atoms with Gasteiger partial charge in [-0.25, -0.2) is 0 Å². The van der Waals surface area contributed by atoms with Crippen LogP contribution in [0.5, 0.6) is 0 Å². The Hall–Kier alpha value is -0.240. The third-order valence-corrected chi connectivity index (χ3v) is 2.56. The lowest BCUT2D eigenvalue weighted by atomic mass is 10.0. The lowest BCUT2D eigenvalue weighted by molar-refractivity contribution is 0.0991. The van der Waals surface area contributed by atoms with Gasteiger partial charge in [0.25, 0.3) is 0 Å². The Balaban J connectivity index is 3.14. The summed E-state index contributed by atoms with van der Waals surface area (Å²) < 4.78 is 0. The molecule has 1 nitrogen and oxygen atoms in total. The molecular formula is C10H9Cl3O. The number of rotatable bonds is 3. The molecule has 4 heteroatoms. The number of carbonyl (C=O) groups excluding carboxylic acids is 1. The minimum atomic E-state index is -0.543.